The molecule has 92 valence electrons. The highest BCUT2D eigenvalue weighted by Crippen LogP contribution is 1.98. The number of carbonyl (C=O) groups excluding carboxylic acids is 3. The summed E-state index contributed by atoms with van der Waals surface area (Å²) < 4.78 is 0. The molecule has 0 aromatic carbocycles. The largest absolute Gasteiger partial charge is 0.352 e. The van der Waals surface area contributed by atoms with Gasteiger partial charge in [-0.1, -0.05) is 0 Å². The van der Waals surface area contributed by atoms with Crippen molar-refractivity contribution in [1.82, 2.24) is 10.6 Å². The average Bonchev–Trinajstić information content (AvgIpc) is 2.21. The molecule has 0 bridgehead atoms. The zero-order valence-corrected chi connectivity index (χ0v) is 9.29. The number of ketones is 1. The van der Waals surface area contributed by atoms with E-state index < -0.39 is 12.1 Å². The van der Waals surface area contributed by atoms with Crippen LogP contribution in [0.4, 0.5) is 4.79 Å². The van der Waals surface area contributed by atoms with Crippen LogP contribution in [0.5, 0.6) is 0 Å². The highest BCUT2D eigenvalue weighted by molar-refractivity contribution is 5.88. The van der Waals surface area contributed by atoms with Gasteiger partial charge in [0, 0.05) is 6.54 Å². The molecule has 7 nitrogen and oxygen atoms in total. The number of nitrogens with two attached hydrogens (primary N) is 2. The van der Waals surface area contributed by atoms with Gasteiger partial charge in [-0.3, -0.25) is 9.59 Å². The number of primary amides is 1. The molecule has 6 N–H and O–H groups in total. The van der Waals surface area contributed by atoms with Gasteiger partial charge in [-0.05, 0) is 19.8 Å². The third-order valence-corrected chi connectivity index (χ3v) is 1.98. The molecule has 1 atom stereocenters. The van der Waals surface area contributed by atoms with Crippen LogP contribution in [0.1, 0.15) is 19.8 Å². The molecule has 0 aliphatic rings. The van der Waals surface area contributed by atoms with Gasteiger partial charge in [-0.15, -0.1) is 0 Å². The third kappa shape index (κ3) is 6.77. The highest BCUT2D eigenvalue weighted by Gasteiger charge is 2.15. The van der Waals surface area contributed by atoms with E-state index in [1.807, 2.05) is 0 Å². The maximum Gasteiger partial charge on any atom is 0.312 e. The summed E-state index contributed by atoms with van der Waals surface area (Å²) in [5.41, 5.74) is 9.99. The molecule has 0 aliphatic carbocycles. The molecule has 0 aromatic rings. The zero-order valence-electron chi connectivity index (χ0n) is 9.29. The van der Waals surface area contributed by atoms with E-state index in [0.717, 1.165) is 0 Å². The van der Waals surface area contributed by atoms with Crippen LogP contribution in [0.3, 0.4) is 0 Å². The second kappa shape index (κ2) is 7.63. The molecule has 7 heteroatoms. The van der Waals surface area contributed by atoms with Gasteiger partial charge in [0.05, 0.1) is 12.6 Å². The Morgan fingerprint density at radius 2 is 1.94 bits per heavy atom. The molecule has 0 radical (unpaired) electrons. The molecular weight excluding hydrogens is 212 g/mol. The number of carbonyl (C=O) groups is 3. The molecule has 0 saturated heterocycles. The van der Waals surface area contributed by atoms with Crippen molar-refractivity contribution in [2.24, 2.45) is 11.5 Å². The Morgan fingerprint density at radius 3 is 2.38 bits per heavy atom. The Kier molecular flexibility index (Phi) is 6.86. The number of Topliss-reactive ketones (excluding diaryl/α,β-unsaturated/α-hetero) is 1. The van der Waals surface area contributed by atoms with E-state index in [1.165, 1.54) is 6.92 Å². The van der Waals surface area contributed by atoms with Crippen molar-refractivity contribution in [3.63, 3.8) is 0 Å². The van der Waals surface area contributed by atoms with Gasteiger partial charge in [-0.2, -0.15) is 0 Å². The second-order valence-electron chi connectivity index (χ2n) is 3.37. The summed E-state index contributed by atoms with van der Waals surface area (Å²) in [6, 6.07) is -1.16. The average molecular weight is 230 g/mol. The normalized spacial score (nSPS) is 11.6. The molecule has 1 unspecified atom stereocenters. The predicted molar refractivity (Wildman–Crippen MR) is 58.5 cm³/mol. The number of rotatable bonds is 7. The summed E-state index contributed by atoms with van der Waals surface area (Å²) >= 11 is 0. The predicted octanol–water partition coefficient (Wildman–Crippen LogP) is -1.53. The Morgan fingerprint density at radius 1 is 1.31 bits per heavy atom. The third-order valence-electron chi connectivity index (χ3n) is 1.98. The number of amides is 3. The summed E-state index contributed by atoms with van der Waals surface area (Å²) in [7, 11) is 0. The van der Waals surface area contributed by atoms with Gasteiger partial charge in [0.1, 0.15) is 0 Å². The number of hydrogen-bond donors (Lipinski definition) is 4. The van der Waals surface area contributed by atoms with Crippen LogP contribution in [0.15, 0.2) is 0 Å². The van der Waals surface area contributed by atoms with Crippen LogP contribution >= 0.6 is 0 Å². The minimum Gasteiger partial charge on any atom is -0.352 e. The number of nitrogens with one attached hydrogen (secondary N) is 2. The summed E-state index contributed by atoms with van der Waals surface area (Å²) in [6.45, 7) is 1.61. The van der Waals surface area contributed by atoms with E-state index in [2.05, 4.69) is 10.6 Å². The van der Waals surface area contributed by atoms with E-state index >= 15 is 0 Å². The van der Waals surface area contributed by atoms with Crippen molar-refractivity contribution >= 4 is 17.7 Å². The van der Waals surface area contributed by atoms with E-state index in [0.29, 0.717) is 19.4 Å². The Balaban J connectivity index is 3.90. The molecule has 0 fully saturated rings. The van der Waals surface area contributed by atoms with Crippen LogP contribution < -0.4 is 22.1 Å². The quantitative estimate of drug-likeness (QED) is 0.395. The van der Waals surface area contributed by atoms with Crippen LogP contribution in [0.2, 0.25) is 0 Å². The van der Waals surface area contributed by atoms with Crippen molar-refractivity contribution in [2.45, 2.75) is 25.8 Å². The Labute approximate surface area is 93.9 Å². The first-order chi connectivity index (χ1) is 7.47. The molecular formula is C9H18N4O3. The van der Waals surface area contributed by atoms with Crippen LogP contribution in [-0.2, 0) is 9.59 Å². The van der Waals surface area contributed by atoms with Gasteiger partial charge < -0.3 is 22.1 Å². The molecule has 0 aromatic heterocycles. The lowest BCUT2D eigenvalue weighted by Gasteiger charge is -2.15. The van der Waals surface area contributed by atoms with Crippen molar-refractivity contribution in [3.05, 3.63) is 0 Å². The van der Waals surface area contributed by atoms with Gasteiger partial charge in [0.15, 0.2) is 5.78 Å². The summed E-state index contributed by atoms with van der Waals surface area (Å²) in [4.78, 5) is 32.5. The van der Waals surface area contributed by atoms with E-state index in [1.54, 1.807) is 0 Å². The zero-order chi connectivity index (χ0) is 12.6. The Bertz CT molecular complexity index is 267. The minimum absolute atomic E-state index is 0.138. The van der Waals surface area contributed by atoms with Gasteiger partial charge in [0.2, 0.25) is 5.91 Å². The molecule has 3 amide bonds. The number of urea groups is 1. The van der Waals surface area contributed by atoms with E-state index in [-0.39, 0.29) is 18.2 Å². The lowest BCUT2D eigenvalue weighted by molar-refractivity contribution is -0.126. The van der Waals surface area contributed by atoms with Gasteiger partial charge >= 0.3 is 6.03 Å². The number of hydrogen-bond acceptors (Lipinski definition) is 4. The molecule has 16 heavy (non-hydrogen) atoms. The first-order valence-electron chi connectivity index (χ1n) is 5.00. The van der Waals surface area contributed by atoms with E-state index in [4.69, 9.17) is 11.5 Å². The molecule has 0 rings (SSSR count). The molecule has 0 aliphatic heterocycles. The highest BCUT2D eigenvalue weighted by atomic mass is 16.2. The van der Waals surface area contributed by atoms with Crippen molar-refractivity contribution in [1.29, 1.82) is 0 Å². The lowest BCUT2D eigenvalue weighted by atomic mass is 10.1. The fraction of sp³-hybridized carbons (Fsp3) is 0.667. The van der Waals surface area contributed by atoms with Crippen LogP contribution in [0, 0.1) is 0 Å². The lowest BCUT2D eigenvalue weighted by Crippen LogP contribution is -2.43. The SMILES string of the molecule is CC(=O)C(CCCNC(N)=O)NC(=O)CN. The molecule has 0 heterocycles. The van der Waals surface area contributed by atoms with Gasteiger partial charge in [0.25, 0.3) is 0 Å². The fourth-order valence-electron chi connectivity index (χ4n) is 1.15. The Hall–Kier alpha value is -1.63. The smallest absolute Gasteiger partial charge is 0.312 e. The van der Waals surface area contributed by atoms with Crippen LogP contribution in [0.25, 0.3) is 0 Å². The fourth-order valence-corrected chi connectivity index (χ4v) is 1.15. The molecule has 0 saturated carbocycles. The summed E-state index contributed by atoms with van der Waals surface area (Å²) in [5.74, 6) is -0.510. The first-order valence-corrected chi connectivity index (χ1v) is 5.00. The van der Waals surface area contributed by atoms with Crippen molar-refractivity contribution < 1.29 is 14.4 Å². The minimum atomic E-state index is -0.606. The second-order valence-corrected chi connectivity index (χ2v) is 3.37. The maximum absolute atomic E-state index is 11.2. The maximum atomic E-state index is 11.2. The monoisotopic (exact) mass is 230 g/mol. The van der Waals surface area contributed by atoms with Crippen molar-refractivity contribution in [2.75, 3.05) is 13.1 Å². The first kappa shape index (κ1) is 14.4. The van der Waals surface area contributed by atoms with Crippen molar-refractivity contribution in [3.8, 4) is 0 Å². The molecule has 0 spiro atoms. The summed E-state index contributed by atoms with van der Waals surface area (Å²) in [6.07, 6.45) is 0.999. The summed E-state index contributed by atoms with van der Waals surface area (Å²) in [5, 5.41) is 4.89. The topological polar surface area (TPSA) is 127 Å². The van der Waals surface area contributed by atoms with Gasteiger partial charge in [-0.25, -0.2) is 4.79 Å². The van der Waals surface area contributed by atoms with Crippen LogP contribution in [-0.4, -0.2) is 36.9 Å². The van der Waals surface area contributed by atoms with E-state index in [9.17, 15) is 14.4 Å². The standard InChI is InChI=1S/C9H18N4O3/c1-6(14)7(13-8(15)5-10)3-2-4-12-9(11)16/h7H,2-5,10H2,1H3,(H,13,15)(H3,11,12,16).